The van der Waals surface area contributed by atoms with Crippen LogP contribution in [0.25, 0.3) is 0 Å². The molecule has 1 fully saturated rings. The van der Waals surface area contributed by atoms with Crippen LogP contribution < -0.4 is 15.4 Å². The third kappa shape index (κ3) is 3.09. The number of rotatable bonds is 4. The molecule has 1 aliphatic heterocycles. The number of benzene rings is 2. The van der Waals surface area contributed by atoms with Gasteiger partial charge in [0, 0.05) is 11.8 Å². The smallest absolute Gasteiger partial charge is 0.262 e. The second-order valence-corrected chi connectivity index (χ2v) is 6.80. The number of ether oxygens (including phenoxy) is 1. The summed E-state index contributed by atoms with van der Waals surface area (Å²) < 4.78 is 5.42. The molecule has 4 rings (SSSR count). The maximum Gasteiger partial charge on any atom is 0.262 e. The molecule has 0 spiro atoms. The van der Waals surface area contributed by atoms with Gasteiger partial charge in [-0.25, -0.2) is 0 Å². The molecule has 0 bridgehead atoms. The monoisotopic (exact) mass is 336 g/mol. The van der Waals surface area contributed by atoms with Crippen LogP contribution in [0, 0.1) is 5.41 Å². The first-order valence-corrected chi connectivity index (χ1v) is 8.57. The van der Waals surface area contributed by atoms with Gasteiger partial charge in [0.15, 0.2) is 6.61 Å². The number of nitrogens with one attached hydrogen (secondary N) is 2. The van der Waals surface area contributed by atoms with E-state index in [9.17, 15) is 9.59 Å². The van der Waals surface area contributed by atoms with Crippen LogP contribution >= 0.6 is 0 Å². The first kappa shape index (κ1) is 15.7. The van der Waals surface area contributed by atoms with Gasteiger partial charge in [-0.15, -0.1) is 0 Å². The van der Waals surface area contributed by atoms with Crippen molar-refractivity contribution in [3.63, 3.8) is 0 Å². The van der Waals surface area contributed by atoms with Crippen LogP contribution in [0.15, 0.2) is 48.5 Å². The van der Waals surface area contributed by atoms with E-state index >= 15 is 0 Å². The molecule has 0 unspecified atom stereocenters. The average molecular weight is 336 g/mol. The summed E-state index contributed by atoms with van der Waals surface area (Å²) in [7, 11) is 0. The minimum Gasteiger partial charge on any atom is -0.482 e. The van der Waals surface area contributed by atoms with Crippen LogP contribution in [0.5, 0.6) is 5.75 Å². The highest BCUT2D eigenvalue weighted by Gasteiger charge is 2.44. The lowest BCUT2D eigenvalue weighted by Crippen LogP contribution is -2.43. The Balaban J connectivity index is 1.50. The molecule has 25 heavy (non-hydrogen) atoms. The molecule has 0 aromatic heterocycles. The van der Waals surface area contributed by atoms with Gasteiger partial charge in [0.25, 0.3) is 5.91 Å². The molecule has 5 nitrogen and oxygen atoms in total. The largest absolute Gasteiger partial charge is 0.482 e. The number of carbonyl (C=O) groups excluding carboxylic acids is 2. The fourth-order valence-corrected chi connectivity index (χ4v) is 3.49. The highest BCUT2D eigenvalue weighted by atomic mass is 16.5. The van der Waals surface area contributed by atoms with Crippen LogP contribution in [-0.4, -0.2) is 18.4 Å². The number of fused-ring (bicyclic) bond motifs is 1. The third-order valence-corrected chi connectivity index (χ3v) is 5.05. The van der Waals surface area contributed by atoms with E-state index < -0.39 is 0 Å². The summed E-state index contributed by atoms with van der Waals surface area (Å²) in [5.74, 6) is 0.478. The van der Waals surface area contributed by atoms with Gasteiger partial charge in [0.1, 0.15) is 5.75 Å². The molecule has 1 saturated carbocycles. The molecule has 1 aliphatic carbocycles. The highest BCUT2D eigenvalue weighted by Crippen LogP contribution is 2.45. The lowest BCUT2D eigenvalue weighted by Gasteiger charge is -2.40. The summed E-state index contributed by atoms with van der Waals surface area (Å²) in [5, 5.41) is 5.78. The van der Waals surface area contributed by atoms with Crippen LogP contribution in [0.3, 0.4) is 0 Å². The van der Waals surface area contributed by atoms with Gasteiger partial charge in [-0.1, -0.05) is 36.8 Å². The summed E-state index contributed by atoms with van der Waals surface area (Å²) in [6.07, 6.45) is 3.66. The van der Waals surface area contributed by atoms with Gasteiger partial charge in [0.2, 0.25) is 5.91 Å². The van der Waals surface area contributed by atoms with E-state index in [4.69, 9.17) is 4.74 Å². The van der Waals surface area contributed by atoms with Crippen LogP contribution in [0.4, 0.5) is 11.4 Å². The van der Waals surface area contributed by atoms with Crippen LogP contribution in [0.1, 0.15) is 24.8 Å². The second kappa shape index (κ2) is 6.24. The number of carbonyl (C=O) groups is 2. The van der Waals surface area contributed by atoms with E-state index in [2.05, 4.69) is 22.8 Å². The standard InChI is InChI=1S/C20H20N2O3/c23-18-13-25-17-11-15(7-8-16(17)22-18)21-19(24)20(9-4-10-20)12-14-5-2-1-3-6-14/h1-3,5-8,11H,4,9-10,12-13H2,(H,21,24)(H,22,23). The topological polar surface area (TPSA) is 67.4 Å². The molecule has 2 aromatic rings. The zero-order valence-corrected chi connectivity index (χ0v) is 13.9. The predicted molar refractivity (Wildman–Crippen MR) is 95.6 cm³/mol. The van der Waals surface area contributed by atoms with Crippen molar-refractivity contribution in [3.8, 4) is 5.75 Å². The Bertz CT molecular complexity index is 813. The predicted octanol–water partition coefficient (Wildman–Crippen LogP) is 3.37. The van der Waals surface area contributed by atoms with Crippen LogP contribution in [0.2, 0.25) is 0 Å². The molecule has 0 atom stereocenters. The lowest BCUT2D eigenvalue weighted by molar-refractivity contribution is -0.130. The Hall–Kier alpha value is -2.82. The first-order valence-electron chi connectivity index (χ1n) is 8.57. The molecular weight excluding hydrogens is 316 g/mol. The molecule has 0 saturated heterocycles. The summed E-state index contributed by atoms with van der Waals surface area (Å²) >= 11 is 0. The number of amides is 2. The maximum atomic E-state index is 12.9. The zero-order valence-electron chi connectivity index (χ0n) is 13.9. The van der Waals surface area contributed by atoms with Gasteiger partial charge in [-0.2, -0.15) is 0 Å². The van der Waals surface area contributed by atoms with E-state index in [0.29, 0.717) is 17.1 Å². The zero-order chi connectivity index (χ0) is 17.3. The Morgan fingerprint density at radius 3 is 2.68 bits per heavy atom. The van der Waals surface area contributed by atoms with E-state index in [0.717, 1.165) is 25.7 Å². The minimum absolute atomic E-state index is 0.00233. The Labute approximate surface area is 146 Å². The molecule has 0 radical (unpaired) electrons. The van der Waals surface area contributed by atoms with Crippen molar-refractivity contribution in [2.75, 3.05) is 17.2 Å². The van der Waals surface area contributed by atoms with Crippen molar-refractivity contribution in [2.24, 2.45) is 5.41 Å². The van der Waals surface area contributed by atoms with Crippen molar-refractivity contribution < 1.29 is 14.3 Å². The minimum atomic E-state index is -0.327. The number of hydrogen-bond acceptors (Lipinski definition) is 3. The molecule has 2 aromatic carbocycles. The van der Waals surface area contributed by atoms with Crippen LogP contribution in [-0.2, 0) is 16.0 Å². The van der Waals surface area contributed by atoms with E-state index in [1.165, 1.54) is 5.56 Å². The summed E-state index contributed by atoms with van der Waals surface area (Å²) in [4.78, 5) is 24.3. The van der Waals surface area contributed by atoms with E-state index in [1.54, 1.807) is 18.2 Å². The Morgan fingerprint density at radius 1 is 1.16 bits per heavy atom. The average Bonchev–Trinajstić information content (AvgIpc) is 2.59. The number of hydrogen-bond donors (Lipinski definition) is 2. The molecule has 2 N–H and O–H groups in total. The van der Waals surface area contributed by atoms with Gasteiger partial charge in [0.05, 0.1) is 11.1 Å². The summed E-state index contributed by atoms with van der Waals surface area (Å²) in [6, 6.07) is 15.5. The second-order valence-electron chi connectivity index (χ2n) is 6.80. The van der Waals surface area contributed by atoms with Crippen molar-refractivity contribution in [1.29, 1.82) is 0 Å². The molecule has 2 aliphatic rings. The molecule has 5 heteroatoms. The van der Waals surface area contributed by atoms with E-state index in [-0.39, 0.29) is 23.8 Å². The maximum absolute atomic E-state index is 12.9. The van der Waals surface area contributed by atoms with Crippen molar-refractivity contribution in [3.05, 3.63) is 54.1 Å². The molecular formula is C20H20N2O3. The fourth-order valence-electron chi connectivity index (χ4n) is 3.49. The molecule has 2 amide bonds. The normalized spacial score (nSPS) is 17.5. The Kier molecular flexibility index (Phi) is 3.92. The van der Waals surface area contributed by atoms with Crippen molar-refractivity contribution in [2.45, 2.75) is 25.7 Å². The number of anilines is 2. The lowest BCUT2D eigenvalue weighted by atomic mass is 9.64. The van der Waals surface area contributed by atoms with Gasteiger partial charge >= 0.3 is 0 Å². The van der Waals surface area contributed by atoms with Gasteiger partial charge < -0.3 is 15.4 Å². The van der Waals surface area contributed by atoms with E-state index in [1.807, 2.05) is 18.2 Å². The highest BCUT2D eigenvalue weighted by molar-refractivity contribution is 5.98. The summed E-state index contributed by atoms with van der Waals surface area (Å²) in [6.45, 7) is 0.00233. The SMILES string of the molecule is O=C1COc2cc(NC(=O)C3(Cc4ccccc4)CCC3)ccc2N1. The first-order chi connectivity index (χ1) is 12.1. The van der Waals surface area contributed by atoms with Crippen molar-refractivity contribution in [1.82, 2.24) is 0 Å². The third-order valence-electron chi connectivity index (χ3n) is 5.05. The fraction of sp³-hybridized carbons (Fsp3) is 0.300. The van der Waals surface area contributed by atoms with Gasteiger partial charge in [-0.05, 0) is 37.0 Å². The quantitative estimate of drug-likeness (QED) is 0.899. The van der Waals surface area contributed by atoms with Crippen molar-refractivity contribution >= 4 is 23.2 Å². The van der Waals surface area contributed by atoms with Gasteiger partial charge in [-0.3, -0.25) is 9.59 Å². The molecule has 1 heterocycles. The summed E-state index contributed by atoms with van der Waals surface area (Å²) in [5.41, 5.74) is 2.19. The Morgan fingerprint density at radius 2 is 1.96 bits per heavy atom. The molecule has 128 valence electrons.